The predicted octanol–water partition coefficient (Wildman–Crippen LogP) is 3.14. The van der Waals surface area contributed by atoms with Gasteiger partial charge in [-0.3, -0.25) is 0 Å². The zero-order valence-corrected chi connectivity index (χ0v) is 11.9. The molecule has 1 aromatic heterocycles. The molecule has 2 rings (SSSR count). The van der Waals surface area contributed by atoms with E-state index in [4.69, 9.17) is 11.6 Å². The minimum Gasteiger partial charge on any atom is -0.390 e. The van der Waals surface area contributed by atoms with Gasteiger partial charge in [-0.2, -0.15) is 0 Å². The fourth-order valence-electron chi connectivity index (χ4n) is 1.94. The highest BCUT2D eigenvalue weighted by Gasteiger charge is 2.16. The van der Waals surface area contributed by atoms with E-state index in [0.29, 0.717) is 16.6 Å². The van der Waals surface area contributed by atoms with E-state index in [1.807, 2.05) is 28.9 Å². The minimum atomic E-state index is -0.137. The first-order chi connectivity index (χ1) is 9.13. The van der Waals surface area contributed by atoms with Gasteiger partial charge in [0.25, 0.3) is 0 Å². The second-order valence-electron chi connectivity index (χ2n) is 4.93. The molecule has 0 atom stereocenters. The van der Waals surface area contributed by atoms with Crippen LogP contribution in [-0.2, 0) is 13.2 Å². The van der Waals surface area contributed by atoms with Gasteiger partial charge in [0, 0.05) is 12.1 Å². The highest BCUT2D eigenvalue weighted by molar-refractivity contribution is 6.33. The van der Waals surface area contributed by atoms with Crippen LogP contribution in [0.5, 0.6) is 0 Å². The Labute approximate surface area is 118 Å². The number of halogens is 1. The standard InChI is InChI=1S/C14H18ClN3O/c1-10(2)7-8-18-14(13(9-19)16-17-18)11-5-3-4-6-12(11)15/h3-6,10,19H,7-9H2,1-2H3. The number of aryl methyl sites for hydroxylation is 1. The molecule has 19 heavy (non-hydrogen) atoms. The maximum Gasteiger partial charge on any atom is 0.116 e. The maximum atomic E-state index is 9.40. The first-order valence-corrected chi connectivity index (χ1v) is 6.79. The van der Waals surface area contributed by atoms with Gasteiger partial charge < -0.3 is 5.11 Å². The van der Waals surface area contributed by atoms with Crippen molar-refractivity contribution in [2.75, 3.05) is 0 Å². The van der Waals surface area contributed by atoms with Crippen LogP contribution in [0, 0.1) is 5.92 Å². The summed E-state index contributed by atoms with van der Waals surface area (Å²) in [6.45, 7) is 4.96. The van der Waals surface area contributed by atoms with Crippen LogP contribution >= 0.6 is 11.6 Å². The van der Waals surface area contributed by atoms with Gasteiger partial charge in [-0.1, -0.05) is 48.9 Å². The molecule has 1 aromatic carbocycles. The van der Waals surface area contributed by atoms with E-state index in [1.165, 1.54) is 0 Å². The molecule has 0 saturated carbocycles. The lowest BCUT2D eigenvalue weighted by molar-refractivity contribution is 0.277. The molecule has 0 saturated heterocycles. The Hall–Kier alpha value is -1.39. The van der Waals surface area contributed by atoms with Crippen LogP contribution < -0.4 is 0 Å². The molecule has 0 amide bonds. The van der Waals surface area contributed by atoms with E-state index < -0.39 is 0 Å². The first-order valence-electron chi connectivity index (χ1n) is 6.41. The summed E-state index contributed by atoms with van der Waals surface area (Å²) < 4.78 is 1.83. The van der Waals surface area contributed by atoms with Gasteiger partial charge in [-0.25, -0.2) is 4.68 Å². The third-order valence-electron chi connectivity index (χ3n) is 3.00. The smallest absolute Gasteiger partial charge is 0.116 e. The molecule has 0 aliphatic heterocycles. The molecule has 0 aliphatic rings. The third kappa shape index (κ3) is 3.14. The van der Waals surface area contributed by atoms with Crippen LogP contribution in [-0.4, -0.2) is 20.1 Å². The van der Waals surface area contributed by atoms with E-state index in [9.17, 15) is 5.11 Å². The van der Waals surface area contributed by atoms with Crippen molar-refractivity contribution in [3.63, 3.8) is 0 Å². The van der Waals surface area contributed by atoms with Gasteiger partial charge >= 0.3 is 0 Å². The van der Waals surface area contributed by atoms with Gasteiger partial charge in [-0.15, -0.1) is 5.10 Å². The van der Waals surface area contributed by atoms with E-state index in [-0.39, 0.29) is 6.61 Å². The van der Waals surface area contributed by atoms with E-state index in [0.717, 1.165) is 24.2 Å². The van der Waals surface area contributed by atoms with Crippen molar-refractivity contribution in [3.05, 3.63) is 35.0 Å². The van der Waals surface area contributed by atoms with Crippen molar-refractivity contribution < 1.29 is 5.11 Å². The monoisotopic (exact) mass is 279 g/mol. The number of aromatic nitrogens is 3. The quantitative estimate of drug-likeness (QED) is 0.915. The van der Waals surface area contributed by atoms with E-state index >= 15 is 0 Å². The maximum absolute atomic E-state index is 9.40. The van der Waals surface area contributed by atoms with Crippen LogP contribution in [0.4, 0.5) is 0 Å². The summed E-state index contributed by atoms with van der Waals surface area (Å²) in [5.74, 6) is 0.584. The lowest BCUT2D eigenvalue weighted by Gasteiger charge is -2.10. The van der Waals surface area contributed by atoms with Crippen LogP contribution in [0.25, 0.3) is 11.3 Å². The molecule has 1 N–H and O–H groups in total. The molecular weight excluding hydrogens is 262 g/mol. The van der Waals surface area contributed by atoms with Gasteiger partial charge in [0.2, 0.25) is 0 Å². The molecule has 4 nitrogen and oxygen atoms in total. The topological polar surface area (TPSA) is 50.9 Å². The molecule has 1 heterocycles. The predicted molar refractivity (Wildman–Crippen MR) is 75.8 cm³/mol. The molecule has 102 valence electrons. The number of hydrogen-bond acceptors (Lipinski definition) is 3. The third-order valence-corrected chi connectivity index (χ3v) is 3.33. The van der Waals surface area contributed by atoms with Crippen molar-refractivity contribution in [2.45, 2.75) is 33.4 Å². The van der Waals surface area contributed by atoms with Crippen molar-refractivity contribution in [2.24, 2.45) is 5.92 Å². The fraction of sp³-hybridized carbons (Fsp3) is 0.429. The molecule has 0 spiro atoms. The Bertz CT molecular complexity index is 551. The lowest BCUT2D eigenvalue weighted by Crippen LogP contribution is -2.06. The van der Waals surface area contributed by atoms with Crippen LogP contribution in [0.1, 0.15) is 26.0 Å². The number of aliphatic hydroxyl groups is 1. The van der Waals surface area contributed by atoms with Crippen molar-refractivity contribution in [1.82, 2.24) is 15.0 Å². The van der Waals surface area contributed by atoms with Gasteiger partial charge in [0.1, 0.15) is 5.69 Å². The number of hydrogen-bond donors (Lipinski definition) is 1. The molecule has 0 radical (unpaired) electrons. The van der Waals surface area contributed by atoms with Crippen LogP contribution in [0.2, 0.25) is 5.02 Å². The molecule has 0 unspecified atom stereocenters. The highest BCUT2D eigenvalue weighted by atomic mass is 35.5. The normalized spacial score (nSPS) is 11.2. The molecule has 0 fully saturated rings. The van der Waals surface area contributed by atoms with Gasteiger partial charge in [-0.05, 0) is 18.4 Å². The van der Waals surface area contributed by atoms with Crippen LogP contribution in [0.3, 0.4) is 0 Å². The first kappa shape index (κ1) is 14.0. The minimum absolute atomic E-state index is 0.137. The summed E-state index contributed by atoms with van der Waals surface area (Å²) in [6, 6.07) is 7.55. The molecule has 0 aliphatic carbocycles. The lowest BCUT2D eigenvalue weighted by atomic mass is 10.1. The number of aliphatic hydroxyl groups excluding tert-OH is 1. The summed E-state index contributed by atoms with van der Waals surface area (Å²) in [4.78, 5) is 0. The molecule has 0 bridgehead atoms. The number of benzene rings is 1. The number of nitrogens with zero attached hydrogens (tertiary/aromatic N) is 3. The van der Waals surface area contributed by atoms with Crippen LogP contribution in [0.15, 0.2) is 24.3 Å². The summed E-state index contributed by atoms with van der Waals surface area (Å²) >= 11 is 6.23. The van der Waals surface area contributed by atoms with E-state index in [2.05, 4.69) is 24.2 Å². The Morgan fingerprint density at radius 3 is 2.68 bits per heavy atom. The van der Waals surface area contributed by atoms with Crippen molar-refractivity contribution >= 4 is 11.6 Å². The Balaban J connectivity index is 2.42. The van der Waals surface area contributed by atoms with Gasteiger partial charge in [0.05, 0.1) is 17.3 Å². The summed E-state index contributed by atoms with van der Waals surface area (Å²) in [5.41, 5.74) is 2.24. The summed E-state index contributed by atoms with van der Waals surface area (Å²) in [5, 5.41) is 18.2. The van der Waals surface area contributed by atoms with E-state index in [1.54, 1.807) is 0 Å². The fourth-order valence-corrected chi connectivity index (χ4v) is 2.17. The summed E-state index contributed by atoms with van der Waals surface area (Å²) in [6.07, 6.45) is 1.01. The summed E-state index contributed by atoms with van der Waals surface area (Å²) in [7, 11) is 0. The highest BCUT2D eigenvalue weighted by Crippen LogP contribution is 2.29. The van der Waals surface area contributed by atoms with Crippen molar-refractivity contribution in [1.29, 1.82) is 0 Å². The largest absolute Gasteiger partial charge is 0.390 e. The number of rotatable bonds is 5. The molecular formula is C14H18ClN3O. The molecule has 2 aromatic rings. The zero-order valence-electron chi connectivity index (χ0n) is 11.2. The average Bonchev–Trinajstić information content (AvgIpc) is 2.79. The Morgan fingerprint density at radius 2 is 2.05 bits per heavy atom. The second-order valence-corrected chi connectivity index (χ2v) is 5.34. The van der Waals surface area contributed by atoms with Crippen molar-refractivity contribution in [3.8, 4) is 11.3 Å². The Morgan fingerprint density at radius 1 is 1.32 bits per heavy atom. The Kier molecular flexibility index (Phi) is 4.56. The molecule has 5 heteroatoms. The zero-order chi connectivity index (χ0) is 13.8. The van der Waals surface area contributed by atoms with Gasteiger partial charge in [0.15, 0.2) is 0 Å². The second kappa shape index (κ2) is 6.17. The average molecular weight is 280 g/mol. The SMILES string of the molecule is CC(C)CCn1nnc(CO)c1-c1ccccc1Cl.